The minimum Gasteiger partial charge on any atom is -0.445 e. The number of nitrogens with one attached hydrogen (secondary N) is 1. The molecule has 0 radical (unpaired) electrons. The van der Waals surface area contributed by atoms with Crippen molar-refractivity contribution in [2.24, 2.45) is 0 Å². The van der Waals surface area contributed by atoms with Gasteiger partial charge in [0.25, 0.3) is 5.92 Å². The summed E-state index contributed by atoms with van der Waals surface area (Å²) in [5, 5.41) is 0.561. The maximum Gasteiger partial charge on any atom is 0.410 e. The van der Waals surface area contributed by atoms with Crippen LogP contribution in [0.2, 0.25) is 0 Å². The van der Waals surface area contributed by atoms with E-state index in [2.05, 4.69) is 4.98 Å². The van der Waals surface area contributed by atoms with E-state index in [1.807, 2.05) is 6.07 Å². The average molecular weight is 416 g/mol. The average Bonchev–Trinajstić information content (AvgIpc) is 3.22. The number of aromatic nitrogens is 1. The third-order valence-corrected chi connectivity index (χ3v) is 5.28. The zero-order valence-corrected chi connectivity index (χ0v) is 15.9. The summed E-state index contributed by atoms with van der Waals surface area (Å²) < 4.78 is 47.1. The van der Waals surface area contributed by atoms with E-state index in [-0.39, 0.29) is 18.7 Å². The van der Waals surface area contributed by atoms with E-state index in [1.165, 1.54) is 18.2 Å². The topological polar surface area (TPSA) is 62.4 Å². The lowest BCUT2D eigenvalue weighted by Gasteiger charge is -2.23. The third-order valence-electron chi connectivity index (χ3n) is 5.28. The third kappa shape index (κ3) is 4.03. The largest absolute Gasteiger partial charge is 0.445 e. The van der Waals surface area contributed by atoms with Gasteiger partial charge in [-0.2, -0.15) is 0 Å². The molecule has 0 aliphatic carbocycles. The molecule has 1 aromatic heterocycles. The Morgan fingerprint density at radius 2 is 2.00 bits per heavy atom. The standard InChI is InChI=1S/C22H19F3N2O3/c23-15-6-7-17-18(20(11-28)26-19(17)8-15)9-16-10-22(24,25)13-27(16)21(29)30-12-14-4-2-1-3-5-14/h1-8,11,16,26H,9-10,12-13H2/t16-/m1/s1. The molecule has 3 aromatic rings. The SMILES string of the molecule is O=Cc1[nH]c2cc(F)ccc2c1C[C@@H]1CC(F)(F)CN1C(=O)OCc1ccccc1. The van der Waals surface area contributed by atoms with Crippen LogP contribution >= 0.6 is 0 Å². The van der Waals surface area contributed by atoms with Gasteiger partial charge >= 0.3 is 6.09 Å². The molecule has 156 valence electrons. The Morgan fingerprint density at radius 1 is 1.23 bits per heavy atom. The zero-order valence-electron chi connectivity index (χ0n) is 15.9. The van der Waals surface area contributed by atoms with Crippen molar-refractivity contribution in [2.45, 2.75) is 31.4 Å². The van der Waals surface area contributed by atoms with Crippen molar-refractivity contribution in [1.82, 2.24) is 9.88 Å². The smallest absolute Gasteiger partial charge is 0.410 e. The molecule has 0 unspecified atom stereocenters. The van der Waals surface area contributed by atoms with Crippen LogP contribution in [-0.4, -0.2) is 40.8 Å². The Morgan fingerprint density at radius 3 is 2.73 bits per heavy atom. The number of fused-ring (bicyclic) bond motifs is 1. The molecule has 0 bridgehead atoms. The number of nitrogens with zero attached hydrogens (tertiary/aromatic N) is 1. The van der Waals surface area contributed by atoms with Gasteiger partial charge in [0.2, 0.25) is 0 Å². The summed E-state index contributed by atoms with van der Waals surface area (Å²) in [5.41, 5.74) is 1.80. The van der Waals surface area contributed by atoms with Crippen LogP contribution < -0.4 is 0 Å². The second-order valence-corrected chi connectivity index (χ2v) is 7.41. The lowest BCUT2D eigenvalue weighted by Crippen LogP contribution is -2.38. The Bertz CT molecular complexity index is 1080. The van der Waals surface area contributed by atoms with E-state index < -0.39 is 36.8 Å². The minimum absolute atomic E-state index is 0.0235. The molecule has 2 heterocycles. The van der Waals surface area contributed by atoms with Gasteiger partial charge in [-0.25, -0.2) is 18.0 Å². The summed E-state index contributed by atoms with van der Waals surface area (Å²) in [6.45, 7) is -0.779. The van der Waals surface area contributed by atoms with Crippen LogP contribution in [0.25, 0.3) is 10.9 Å². The highest BCUT2D eigenvalue weighted by atomic mass is 19.3. The van der Waals surface area contributed by atoms with E-state index in [1.54, 1.807) is 24.3 Å². The molecule has 1 N–H and O–H groups in total. The molecule has 1 amide bonds. The van der Waals surface area contributed by atoms with Crippen molar-refractivity contribution < 1.29 is 27.5 Å². The predicted molar refractivity (Wildman–Crippen MR) is 104 cm³/mol. The number of alkyl halides is 2. The first-order valence-electron chi connectivity index (χ1n) is 9.47. The zero-order chi connectivity index (χ0) is 21.3. The molecule has 0 saturated carbocycles. The monoisotopic (exact) mass is 416 g/mol. The second kappa shape index (κ2) is 7.85. The van der Waals surface area contributed by atoms with Crippen LogP contribution in [0.4, 0.5) is 18.0 Å². The van der Waals surface area contributed by atoms with Crippen molar-refractivity contribution in [3.05, 3.63) is 71.2 Å². The molecule has 1 aliphatic heterocycles. The first-order valence-corrected chi connectivity index (χ1v) is 9.47. The number of benzene rings is 2. The van der Waals surface area contributed by atoms with Gasteiger partial charge in [0.1, 0.15) is 12.4 Å². The van der Waals surface area contributed by atoms with Crippen molar-refractivity contribution >= 4 is 23.3 Å². The fourth-order valence-electron chi connectivity index (χ4n) is 3.90. The molecule has 5 nitrogen and oxygen atoms in total. The molecule has 4 rings (SSSR count). The summed E-state index contributed by atoms with van der Waals surface area (Å²) in [5.74, 6) is -3.54. The van der Waals surface area contributed by atoms with Crippen molar-refractivity contribution in [3.8, 4) is 0 Å². The van der Waals surface area contributed by atoms with Crippen LogP contribution in [0.1, 0.15) is 28.0 Å². The number of carbonyl (C=O) groups excluding carboxylic acids is 2. The van der Waals surface area contributed by atoms with Crippen molar-refractivity contribution in [2.75, 3.05) is 6.54 Å². The molecule has 0 spiro atoms. The van der Waals surface area contributed by atoms with Gasteiger partial charge in [-0.1, -0.05) is 30.3 Å². The van der Waals surface area contributed by atoms with E-state index in [0.717, 1.165) is 10.5 Å². The van der Waals surface area contributed by atoms with Gasteiger partial charge in [-0.05, 0) is 35.7 Å². The van der Waals surface area contributed by atoms with E-state index in [0.29, 0.717) is 22.8 Å². The number of hydrogen-bond donors (Lipinski definition) is 1. The summed E-state index contributed by atoms with van der Waals surface area (Å²) in [6, 6.07) is 12.0. The highest BCUT2D eigenvalue weighted by molar-refractivity contribution is 5.92. The number of aromatic amines is 1. The van der Waals surface area contributed by atoms with Gasteiger partial charge in [-0.3, -0.25) is 9.69 Å². The van der Waals surface area contributed by atoms with Crippen molar-refractivity contribution in [3.63, 3.8) is 0 Å². The summed E-state index contributed by atoms with van der Waals surface area (Å²) in [6.07, 6.45) is -0.784. The Kier molecular flexibility index (Phi) is 5.24. The molecule has 8 heteroatoms. The molecular formula is C22H19F3N2O3. The fourth-order valence-corrected chi connectivity index (χ4v) is 3.90. The number of H-pyrrole nitrogens is 1. The maximum absolute atomic E-state index is 14.2. The molecule has 30 heavy (non-hydrogen) atoms. The summed E-state index contributed by atoms with van der Waals surface area (Å²) >= 11 is 0. The van der Waals surface area contributed by atoms with Crippen LogP contribution in [-0.2, 0) is 17.8 Å². The number of hydrogen-bond acceptors (Lipinski definition) is 3. The van der Waals surface area contributed by atoms with Gasteiger partial charge < -0.3 is 9.72 Å². The molecule has 1 fully saturated rings. The highest BCUT2D eigenvalue weighted by Crippen LogP contribution is 2.36. The van der Waals surface area contributed by atoms with Gasteiger partial charge in [0.05, 0.1) is 12.2 Å². The normalized spacial score (nSPS) is 18.0. The lowest BCUT2D eigenvalue weighted by molar-refractivity contribution is 0.0101. The van der Waals surface area contributed by atoms with Gasteiger partial charge in [0, 0.05) is 23.4 Å². The van der Waals surface area contributed by atoms with Crippen LogP contribution in [0, 0.1) is 5.82 Å². The number of rotatable bonds is 5. The van der Waals surface area contributed by atoms with Gasteiger partial charge in [0.15, 0.2) is 6.29 Å². The summed E-state index contributed by atoms with van der Waals surface area (Å²) in [4.78, 5) is 27.9. The molecular weight excluding hydrogens is 397 g/mol. The van der Waals surface area contributed by atoms with E-state index >= 15 is 0 Å². The maximum atomic E-state index is 14.2. The van der Waals surface area contributed by atoms with E-state index in [4.69, 9.17) is 4.74 Å². The van der Waals surface area contributed by atoms with Crippen molar-refractivity contribution in [1.29, 1.82) is 0 Å². The Labute approximate surface area is 170 Å². The van der Waals surface area contributed by atoms with Crippen LogP contribution in [0.5, 0.6) is 0 Å². The van der Waals surface area contributed by atoms with Gasteiger partial charge in [-0.15, -0.1) is 0 Å². The number of aldehydes is 1. The Hall–Kier alpha value is -3.29. The Balaban J connectivity index is 1.57. The summed E-state index contributed by atoms with van der Waals surface area (Å²) in [7, 11) is 0. The van der Waals surface area contributed by atoms with Crippen LogP contribution in [0.3, 0.4) is 0 Å². The molecule has 1 saturated heterocycles. The number of ether oxygens (including phenoxy) is 1. The molecule has 1 aliphatic rings. The first kappa shape index (κ1) is 20.0. The molecule has 2 aromatic carbocycles. The number of amides is 1. The quantitative estimate of drug-likeness (QED) is 0.613. The highest BCUT2D eigenvalue weighted by Gasteiger charge is 2.48. The molecule has 1 atom stereocenters. The first-order chi connectivity index (χ1) is 14.4. The van der Waals surface area contributed by atoms with E-state index in [9.17, 15) is 22.8 Å². The predicted octanol–water partition coefficient (Wildman–Crippen LogP) is 4.71. The fraction of sp³-hybridized carbons (Fsp3) is 0.273. The van der Waals surface area contributed by atoms with Crippen LogP contribution in [0.15, 0.2) is 48.5 Å². The lowest BCUT2D eigenvalue weighted by atomic mass is 10.0. The number of likely N-dealkylation sites (tertiary alicyclic amines) is 1. The number of halogens is 3. The minimum atomic E-state index is -3.06. The number of carbonyl (C=O) groups is 2. The second-order valence-electron chi connectivity index (χ2n) is 7.41.